The zero-order valence-electron chi connectivity index (χ0n) is 14.1. The van der Waals surface area contributed by atoms with Gasteiger partial charge in [-0.15, -0.1) is 11.3 Å². The third-order valence-electron chi connectivity index (χ3n) is 4.18. The highest BCUT2D eigenvalue weighted by atomic mass is 32.1. The van der Waals surface area contributed by atoms with E-state index in [-0.39, 0.29) is 18.1 Å². The molecule has 1 aromatic rings. The second-order valence-corrected chi connectivity index (χ2v) is 7.25. The van der Waals surface area contributed by atoms with Crippen LogP contribution in [0.2, 0.25) is 0 Å². The topological polar surface area (TPSA) is 91.8 Å². The van der Waals surface area contributed by atoms with Gasteiger partial charge in [-0.1, -0.05) is 0 Å². The lowest BCUT2D eigenvalue weighted by Crippen LogP contribution is -2.57. The van der Waals surface area contributed by atoms with Crippen LogP contribution in [0.25, 0.3) is 0 Å². The standard InChI is InChI=1S/C13H19N3O2S.C2HF3O2/c1-10-15-11(8-19-10)6-16-4-2-13(3-5-16)9-14-12(17)7-18-13;3-2(4,5)1(6)7/h8H,2-7,9H2,1H3,(H,14,17);(H,6,7). The second kappa shape index (κ2) is 8.31. The molecule has 1 amide bonds. The molecule has 1 spiro atoms. The van der Waals surface area contributed by atoms with Gasteiger partial charge in [0.25, 0.3) is 0 Å². The molecule has 2 fully saturated rings. The summed E-state index contributed by atoms with van der Waals surface area (Å²) in [7, 11) is 0. The molecule has 2 N–H and O–H groups in total. The summed E-state index contributed by atoms with van der Waals surface area (Å²) >= 11 is 1.70. The number of likely N-dealkylation sites (tertiary alicyclic amines) is 1. The fourth-order valence-electron chi connectivity index (χ4n) is 2.73. The lowest BCUT2D eigenvalue weighted by atomic mass is 9.90. The maximum atomic E-state index is 11.1. The van der Waals surface area contributed by atoms with E-state index in [1.807, 2.05) is 6.92 Å². The first-order valence-electron chi connectivity index (χ1n) is 7.94. The Morgan fingerprint density at radius 3 is 2.50 bits per heavy atom. The van der Waals surface area contributed by atoms with Gasteiger partial charge in [0.1, 0.15) is 6.61 Å². The molecule has 0 aliphatic carbocycles. The Kier molecular flexibility index (Phi) is 6.58. The van der Waals surface area contributed by atoms with Crippen molar-refractivity contribution < 1.29 is 32.6 Å². The summed E-state index contributed by atoms with van der Waals surface area (Å²) in [5.74, 6) is -2.75. The van der Waals surface area contributed by atoms with Crippen LogP contribution in [0.3, 0.4) is 0 Å². The molecule has 0 atom stereocenters. The Balaban J connectivity index is 0.000000298. The fourth-order valence-corrected chi connectivity index (χ4v) is 3.33. The molecule has 2 saturated heterocycles. The minimum atomic E-state index is -5.08. The van der Waals surface area contributed by atoms with Gasteiger partial charge >= 0.3 is 12.1 Å². The van der Waals surface area contributed by atoms with Gasteiger partial charge in [-0.25, -0.2) is 9.78 Å². The van der Waals surface area contributed by atoms with E-state index in [1.54, 1.807) is 11.3 Å². The van der Waals surface area contributed by atoms with Crippen molar-refractivity contribution in [2.24, 2.45) is 0 Å². The molecule has 0 radical (unpaired) electrons. The van der Waals surface area contributed by atoms with Crippen LogP contribution >= 0.6 is 11.3 Å². The molecule has 3 rings (SSSR count). The van der Waals surface area contributed by atoms with Crippen LogP contribution in [0.5, 0.6) is 0 Å². The van der Waals surface area contributed by atoms with Crippen LogP contribution in [-0.4, -0.2) is 64.9 Å². The number of aliphatic carboxylic acids is 1. The number of ether oxygens (including phenoxy) is 1. The van der Waals surface area contributed by atoms with Crippen molar-refractivity contribution in [2.75, 3.05) is 26.2 Å². The van der Waals surface area contributed by atoms with E-state index in [9.17, 15) is 18.0 Å². The van der Waals surface area contributed by atoms with Crippen LogP contribution in [0.4, 0.5) is 13.2 Å². The molecule has 0 bridgehead atoms. The van der Waals surface area contributed by atoms with E-state index < -0.39 is 12.1 Å². The first-order valence-corrected chi connectivity index (χ1v) is 8.82. The molecule has 0 aromatic carbocycles. The number of nitrogens with one attached hydrogen (secondary N) is 1. The molecular weight excluding hydrogens is 375 g/mol. The Morgan fingerprint density at radius 1 is 1.46 bits per heavy atom. The number of aryl methyl sites for hydroxylation is 1. The number of alkyl halides is 3. The monoisotopic (exact) mass is 395 g/mol. The predicted molar refractivity (Wildman–Crippen MR) is 86.7 cm³/mol. The normalized spacial score (nSPS) is 20.2. The van der Waals surface area contributed by atoms with Gasteiger partial charge in [0.15, 0.2) is 0 Å². The predicted octanol–water partition coefficient (Wildman–Crippen LogP) is 1.57. The lowest BCUT2D eigenvalue weighted by molar-refractivity contribution is -0.192. The van der Waals surface area contributed by atoms with Crippen molar-refractivity contribution in [2.45, 2.75) is 38.1 Å². The number of piperidine rings is 1. The average Bonchev–Trinajstić information content (AvgIpc) is 2.97. The number of carbonyl (C=O) groups excluding carboxylic acids is 1. The number of hydrogen-bond donors (Lipinski definition) is 2. The average molecular weight is 395 g/mol. The minimum absolute atomic E-state index is 0.00556. The maximum Gasteiger partial charge on any atom is 0.490 e. The Hall–Kier alpha value is -1.72. The van der Waals surface area contributed by atoms with Crippen molar-refractivity contribution in [3.05, 3.63) is 16.1 Å². The lowest BCUT2D eigenvalue weighted by Gasteiger charge is -2.43. The van der Waals surface area contributed by atoms with E-state index in [4.69, 9.17) is 14.6 Å². The summed E-state index contributed by atoms with van der Waals surface area (Å²) in [6.45, 7) is 5.85. The molecule has 2 aliphatic rings. The molecule has 2 aliphatic heterocycles. The number of carbonyl (C=O) groups is 2. The van der Waals surface area contributed by atoms with Gasteiger partial charge in [-0.05, 0) is 19.8 Å². The van der Waals surface area contributed by atoms with E-state index in [0.717, 1.165) is 43.2 Å². The summed E-state index contributed by atoms with van der Waals surface area (Å²) in [4.78, 5) is 27.0. The summed E-state index contributed by atoms with van der Waals surface area (Å²) in [6, 6.07) is 0. The molecule has 146 valence electrons. The summed E-state index contributed by atoms with van der Waals surface area (Å²) < 4.78 is 37.5. The van der Waals surface area contributed by atoms with Crippen molar-refractivity contribution in [1.82, 2.24) is 15.2 Å². The molecule has 11 heteroatoms. The SMILES string of the molecule is Cc1nc(CN2CCC3(CC2)CNC(=O)CO3)cs1.O=C(O)C(F)(F)F. The number of aromatic nitrogens is 1. The minimum Gasteiger partial charge on any atom is -0.475 e. The number of amides is 1. The number of morpholine rings is 1. The Bertz CT molecular complexity index is 630. The van der Waals surface area contributed by atoms with Crippen molar-refractivity contribution in [1.29, 1.82) is 0 Å². The highest BCUT2D eigenvalue weighted by Crippen LogP contribution is 2.28. The molecule has 7 nitrogen and oxygen atoms in total. The van der Waals surface area contributed by atoms with Crippen LogP contribution in [-0.2, 0) is 20.9 Å². The number of nitrogens with zero attached hydrogens (tertiary/aromatic N) is 2. The zero-order chi connectivity index (χ0) is 19.4. The number of hydrogen-bond acceptors (Lipinski definition) is 6. The first-order chi connectivity index (χ1) is 12.1. The second-order valence-electron chi connectivity index (χ2n) is 6.19. The quantitative estimate of drug-likeness (QED) is 0.790. The number of rotatable bonds is 2. The van der Waals surface area contributed by atoms with E-state index in [0.29, 0.717) is 6.54 Å². The van der Waals surface area contributed by atoms with Crippen LogP contribution in [0, 0.1) is 6.92 Å². The Labute approximate surface area is 152 Å². The van der Waals surface area contributed by atoms with Crippen molar-refractivity contribution in [3.8, 4) is 0 Å². The van der Waals surface area contributed by atoms with Crippen molar-refractivity contribution in [3.63, 3.8) is 0 Å². The number of carboxylic acid groups (broad SMARTS) is 1. The highest BCUT2D eigenvalue weighted by Gasteiger charge is 2.39. The third kappa shape index (κ3) is 5.92. The summed E-state index contributed by atoms with van der Waals surface area (Å²) in [5.41, 5.74) is 1.04. The van der Waals surface area contributed by atoms with Gasteiger partial charge in [0.05, 0.1) is 16.3 Å². The summed E-state index contributed by atoms with van der Waals surface area (Å²) in [5, 5.41) is 13.3. The van der Waals surface area contributed by atoms with Gasteiger partial charge in [-0.2, -0.15) is 13.2 Å². The molecule has 0 unspecified atom stereocenters. The number of thiazole rings is 1. The van der Waals surface area contributed by atoms with E-state index in [2.05, 4.69) is 20.6 Å². The van der Waals surface area contributed by atoms with E-state index >= 15 is 0 Å². The van der Waals surface area contributed by atoms with Crippen LogP contribution < -0.4 is 5.32 Å². The van der Waals surface area contributed by atoms with Crippen molar-refractivity contribution >= 4 is 23.2 Å². The molecule has 3 heterocycles. The third-order valence-corrected chi connectivity index (χ3v) is 5.00. The van der Waals surface area contributed by atoms with Crippen LogP contribution in [0.1, 0.15) is 23.5 Å². The first kappa shape index (κ1) is 20.6. The molecule has 0 saturated carbocycles. The highest BCUT2D eigenvalue weighted by molar-refractivity contribution is 7.09. The maximum absolute atomic E-state index is 11.1. The zero-order valence-corrected chi connectivity index (χ0v) is 15.0. The fraction of sp³-hybridized carbons (Fsp3) is 0.667. The largest absolute Gasteiger partial charge is 0.490 e. The number of halogens is 3. The molecule has 26 heavy (non-hydrogen) atoms. The van der Waals surface area contributed by atoms with Gasteiger partial charge in [0, 0.05) is 31.6 Å². The summed E-state index contributed by atoms with van der Waals surface area (Å²) in [6.07, 6.45) is -3.12. The molecule has 1 aromatic heterocycles. The molecular formula is C15H20F3N3O4S. The van der Waals surface area contributed by atoms with Crippen LogP contribution in [0.15, 0.2) is 5.38 Å². The van der Waals surface area contributed by atoms with E-state index in [1.165, 1.54) is 0 Å². The Morgan fingerprint density at radius 2 is 2.08 bits per heavy atom. The van der Waals surface area contributed by atoms with Gasteiger partial charge in [0.2, 0.25) is 5.91 Å². The smallest absolute Gasteiger partial charge is 0.475 e. The number of carboxylic acids is 1. The van der Waals surface area contributed by atoms with Gasteiger partial charge < -0.3 is 15.2 Å². The van der Waals surface area contributed by atoms with Gasteiger partial charge in [-0.3, -0.25) is 9.69 Å².